The van der Waals surface area contributed by atoms with Gasteiger partial charge in [0.25, 0.3) is 11.5 Å². The molecule has 24 heavy (non-hydrogen) atoms. The van der Waals surface area contributed by atoms with Crippen molar-refractivity contribution in [2.75, 3.05) is 13.2 Å². The number of pyridine rings is 1. The lowest BCUT2D eigenvalue weighted by Crippen LogP contribution is -2.37. The highest BCUT2D eigenvalue weighted by Crippen LogP contribution is 2.26. The lowest BCUT2D eigenvalue weighted by Gasteiger charge is -2.15. The minimum atomic E-state index is -0.587. The highest BCUT2D eigenvalue weighted by atomic mass is 16.5. The molecule has 0 radical (unpaired) electrons. The first-order chi connectivity index (χ1) is 11.6. The van der Waals surface area contributed by atoms with Gasteiger partial charge < -0.3 is 19.7 Å². The number of rotatable bonds is 5. The highest BCUT2D eigenvalue weighted by molar-refractivity contribution is 6.02. The summed E-state index contributed by atoms with van der Waals surface area (Å²) < 4.78 is 6.89. The van der Waals surface area contributed by atoms with Crippen molar-refractivity contribution in [1.82, 2.24) is 9.88 Å². The first kappa shape index (κ1) is 16.3. The van der Waals surface area contributed by atoms with E-state index >= 15 is 0 Å². The molecule has 6 nitrogen and oxygen atoms in total. The number of allylic oxidation sites excluding steroid dienone is 1. The van der Waals surface area contributed by atoms with Crippen LogP contribution in [0.2, 0.25) is 0 Å². The number of carbonyl (C=O) groups excluding carboxylic acids is 1. The van der Waals surface area contributed by atoms with Gasteiger partial charge in [-0.2, -0.15) is 0 Å². The molecular formula is C18H20N2O4. The number of hydrogen-bond donors (Lipinski definition) is 2. The fourth-order valence-electron chi connectivity index (χ4n) is 3.00. The molecule has 0 bridgehead atoms. The van der Waals surface area contributed by atoms with E-state index in [0.717, 1.165) is 12.8 Å². The van der Waals surface area contributed by atoms with Crippen molar-refractivity contribution >= 4 is 16.8 Å². The molecule has 0 spiro atoms. The molecule has 1 atom stereocenters. The van der Waals surface area contributed by atoms with Crippen molar-refractivity contribution in [2.45, 2.75) is 25.5 Å². The van der Waals surface area contributed by atoms with Gasteiger partial charge in [0.2, 0.25) is 0 Å². The van der Waals surface area contributed by atoms with Crippen molar-refractivity contribution < 1.29 is 14.6 Å². The maximum Gasteiger partial charge on any atom is 0.268 e. The first-order valence-electron chi connectivity index (χ1n) is 7.98. The van der Waals surface area contributed by atoms with Gasteiger partial charge in [0.15, 0.2) is 0 Å². The number of hydrogen-bond acceptors (Lipinski definition) is 4. The SMILES string of the molecule is C=CCn1c(=O)c(C(=O)NCC2CCCO2)c(O)c2ccccc21. The molecule has 1 aliphatic heterocycles. The van der Waals surface area contributed by atoms with Crippen LogP contribution in [-0.4, -0.2) is 34.8 Å². The quantitative estimate of drug-likeness (QED) is 0.820. The van der Waals surface area contributed by atoms with Crippen LogP contribution in [0.5, 0.6) is 5.75 Å². The third-order valence-corrected chi connectivity index (χ3v) is 4.20. The number of nitrogens with zero attached hydrogens (tertiary/aromatic N) is 1. The Morgan fingerprint density at radius 2 is 2.25 bits per heavy atom. The number of para-hydroxylation sites is 1. The van der Waals surface area contributed by atoms with Crippen LogP contribution in [0.4, 0.5) is 0 Å². The topological polar surface area (TPSA) is 80.6 Å². The van der Waals surface area contributed by atoms with Crippen LogP contribution in [0, 0.1) is 0 Å². The second kappa shape index (κ2) is 6.88. The zero-order valence-corrected chi connectivity index (χ0v) is 13.3. The summed E-state index contributed by atoms with van der Waals surface area (Å²) in [7, 11) is 0. The van der Waals surface area contributed by atoms with Crippen molar-refractivity contribution in [3.63, 3.8) is 0 Å². The predicted molar refractivity (Wildman–Crippen MR) is 91.4 cm³/mol. The summed E-state index contributed by atoms with van der Waals surface area (Å²) in [5.41, 5.74) is -0.208. The smallest absolute Gasteiger partial charge is 0.268 e. The molecule has 3 rings (SSSR count). The van der Waals surface area contributed by atoms with Gasteiger partial charge in [-0.25, -0.2) is 0 Å². The molecule has 1 fully saturated rings. The molecule has 2 heterocycles. The molecular weight excluding hydrogens is 308 g/mol. The van der Waals surface area contributed by atoms with Crippen molar-refractivity contribution in [3.8, 4) is 5.75 Å². The minimum Gasteiger partial charge on any atom is -0.506 e. The Bertz CT molecular complexity index is 835. The van der Waals surface area contributed by atoms with Gasteiger partial charge in [-0.3, -0.25) is 9.59 Å². The summed E-state index contributed by atoms with van der Waals surface area (Å²) >= 11 is 0. The molecule has 1 aromatic carbocycles. The second-order valence-corrected chi connectivity index (χ2v) is 5.79. The lowest BCUT2D eigenvalue weighted by molar-refractivity contribution is 0.0854. The Labute approximate surface area is 139 Å². The summed E-state index contributed by atoms with van der Waals surface area (Å²) in [6, 6.07) is 6.94. The van der Waals surface area contributed by atoms with Crippen molar-refractivity contribution in [3.05, 3.63) is 52.8 Å². The number of aromatic nitrogens is 1. The third-order valence-electron chi connectivity index (χ3n) is 4.20. The number of benzene rings is 1. The molecule has 126 valence electrons. The number of carbonyl (C=O) groups is 1. The Morgan fingerprint density at radius 1 is 1.46 bits per heavy atom. The van der Waals surface area contributed by atoms with E-state index in [9.17, 15) is 14.7 Å². The van der Waals surface area contributed by atoms with Crippen LogP contribution in [0.1, 0.15) is 23.2 Å². The van der Waals surface area contributed by atoms with E-state index in [1.165, 1.54) is 4.57 Å². The summed E-state index contributed by atoms with van der Waals surface area (Å²) in [6.45, 7) is 4.92. The highest BCUT2D eigenvalue weighted by Gasteiger charge is 2.23. The summed E-state index contributed by atoms with van der Waals surface area (Å²) in [6.07, 6.45) is 3.39. The molecule has 1 unspecified atom stereocenters. The Hall–Kier alpha value is -2.60. The zero-order chi connectivity index (χ0) is 17.1. The molecule has 2 aromatic rings. The maximum absolute atomic E-state index is 12.7. The molecule has 0 aliphatic carbocycles. The van der Waals surface area contributed by atoms with E-state index < -0.39 is 11.5 Å². The van der Waals surface area contributed by atoms with E-state index in [1.54, 1.807) is 30.3 Å². The predicted octanol–water partition coefficient (Wildman–Crippen LogP) is 1.80. The number of amides is 1. The van der Waals surface area contributed by atoms with Crippen molar-refractivity contribution in [2.24, 2.45) is 0 Å². The molecule has 2 N–H and O–H groups in total. The van der Waals surface area contributed by atoms with Crippen molar-refractivity contribution in [1.29, 1.82) is 0 Å². The summed E-state index contributed by atoms with van der Waals surface area (Å²) in [5.74, 6) is -0.877. The van der Waals surface area contributed by atoms with Gasteiger partial charge in [-0.05, 0) is 25.0 Å². The third kappa shape index (κ3) is 2.92. The Morgan fingerprint density at radius 3 is 2.96 bits per heavy atom. The minimum absolute atomic E-state index is 0.0352. The molecule has 1 aromatic heterocycles. The second-order valence-electron chi connectivity index (χ2n) is 5.79. The molecule has 1 saturated heterocycles. The van der Waals surface area contributed by atoms with Crippen LogP contribution in [-0.2, 0) is 11.3 Å². The maximum atomic E-state index is 12.7. The van der Waals surface area contributed by atoms with Crippen LogP contribution in [0.15, 0.2) is 41.7 Å². The molecule has 6 heteroatoms. The van der Waals surface area contributed by atoms with E-state index in [0.29, 0.717) is 24.1 Å². The average molecular weight is 328 g/mol. The summed E-state index contributed by atoms with van der Waals surface area (Å²) in [4.78, 5) is 25.2. The van der Waals surface area contributed by atoms with Crippen LogP contribution >= 0.6 is 0 Å². The van der Waals surface area contributed by atoms with E-state index in [2.05, 4.69) is 11.9 Å². The fraction of sp³-hybridized carbons (Fsp3) is 0.333. The lowest BCUT2D eigenvalue weighted by atomic mass is 10.1. The largest absolute Gasteiger partial charge is 0.506 e. The number of aromatic hydroxyl groups is 1. The monoisotopic (exact) mass is 328 g/mol. The van der Waals surface area contributed by atoms with Gasteiger partial charge in [-0.15, -0.1) is 6.58 Å². The Balaban J connectivity index is 2.01. The first-order valence-corrected chi connectivity index (χ1v) is 7.98. The van der Waals surface area contributed by atoms with Gasteiger partial charge in [-0.1, -0.05) is 18.2 Å². The fourth-order valence-corrected chi connectivity index (χ4v) is 3.00. The van der Waals surface area contributed by atoms with E-state index in [1.807, 2.05) is 0 Å². The zero-order valence-electron chi connectivity index (χ0n) is 13.3. The number of nitrogens with one attached hydrogen (secondary N) is 1. The van der Waals surface area contributed by atoms with Crippen LogP contribution in [0.3, 0.4) is 0 Å². The molecule has 1 amide bonds. The van der Waals surface area contributed by atoms with Gasteiger partial charge in [0.1, 0.15) is 11.3 Å². The van der Waals surface area contributed by atoms with Gasteiger partial charge in [0, 0.05) is 25.1 Å². The van der Waals surface area contributed by atoms with Crippen LogP contribution < -0.4 is 10.9 Å². The number of ether oxygens (including phenoxy) is 1. The van der Waals surface area contributed by atoms with Gasteiger partial charge >= 0.3 is 0 Å². The van der Waals surface area contributed by atoms with Crippen LogP contribution in [0.25, 0.3) is 10.9 Å². The standard InChI is InChI=1S/C18H20N2O4/c1-2-9-20-14-8-4-3-7-13(14)16(21)15(18(20)23)17(22)19-11-12-6-5-10-24-12/h2-4,7-8,12,21H,1,5-6,9-11H2,(H,19,22). The van der Waals surface area contributed by atoms with E-state index in [4.69, 9.17) is 4.74 Å². The average Bonchev–Trinajstić information content (AvgIpc) is 3.10. The Kier molecular flexibility index (Phi) is 4.66. The number of fused-ring (bicyclic) bond motifs is 1. The molecule has 1 aliphatic rings. The normalized spacial score (nSPS) is 17.1. The van der Waals surface area contributed by atoms with E-state index in [-0.39, 0.29) is 24.0 Å². The summed E-state index contributed by atoms with van der Waals surface area (Å²) in [5, 5.41) is 13.6. The molecule has 0 saturated carbocycles. The van der Waals surface area contributed by atoms with Gasteiger partial charge in [0.05, 0.1) is 11.6 Å².